The van der Waals surface area contributed by atoms with Gasteiger partial charge in [0.15, 0.2) is 11.5 Å². The van der Waals surface area contributed by atoms with E-state index in [2.05, 4.69) is 0 Å². The number of non-ortho nitro benzene ring substituents is 1. The molecular formula is C22H27NO8S. The first kappa shape index (κ1) is 24.0. The van der Waals surface area contributed by atoms with Crippen LogP contribution in [-0.2, 0) is 25.5 Å². The van der Waals surface area contributed by atoms with Crippen LogP contribution in [0.5, 0.6) is 11.5 Å². The van der Waals surface area contributed by atoms with Crippen molar-refractivity contribution in [2.45, 2.75) is 49.2 Å². The van der Waals surface area contributed by atoms with Gasteiger partial charge in [0.25, 0.3) is 15.8 Å². The van der Waals surface area contributed by atoms with Gasteiger partial charge in [-0.1, -0.05) is 18.9 Å². The Morgan fingerprint density at radius 3 is 2.25 bits per heavy atom. The van der Waals surface area contributed by atoms with Gasteiger partial charge in [-0.3, -0.25) is 14.3 Å². The number of methoxy groups -OCH3 is 2. The Hall–Kier alpha value is -2.69. The normalized spacial score (nSPS) is 18.8. The maximum Gasteiger partial charge on any atom is 0.297 e. The third-order valence-corrected chi connectivity index (χ3v) is 6.75. The molecule has 0 aromatic heterocycles. The van der Waals surface area contributed by atoms with E-state index in [4.69, 9.17) is 18.4 Å². The second-order valence-corrected chi connectivity index (χ2v) is 9.04. The summed E-state index contributed by atoms with van der Waals surface area (Å²) in [5.74, 6) is 1.28. The van der Waals surface area contributed by atoms with E-state index in [0.29, 0.717) is 37.4 Å². The van der Waals surface area contributed by atoms with E-state index in [1.54, 1.807) is 14.2 Å². The number of hydrogen-bond acceptors (Lipinski definition) is 8. The van der Waals surface area contributed by atoms with Gasteiger partial charge >= 0.3 is 0 Å². The largest absolute Gasteiger partial charge is 0.493 e. The fourth-order valence-corrected chi connectivity index (χ4v) is 4.81. The third kappa shape index (κ3) is 5.96. The van der Waals surface area contributed by atoms with Gasteiger partial charge in [0.05, 0.1) is 36.7 Å². The fraction of sp³-hybridized carbons (Fsp3) is 0.455. The SMILES string of the molecule is COc1ccc(CCOC2CCCCC2OS(=O)(=O)c2ccc([N+](=O)[O-])cc2)cc1OC. The Morgan fingerprint density at radius 2 is 1.62 bits per heavy atom. The fourth-order valence-electron chi connectivity index (χ4n) is 3.68. The van der Waals surface area contributed by atoms with Crippen LogP contribution in [0, 0.1) is 10.1 Å². The molecule has 1 fully saturated rings. The Kier molecular flexibility index (Phi) is 8.05. The summed E-state index contributed by atoms with van der Waals surface area (Å²) in [6, 6.07) is 10.3. The molecule has 0 saturated heterocycles. The van der Waals surface area contributed by atoms with Crippen LogP contribution in [-0.4, -0.2) is 46.4 Å². The Morgan fingerprint density at radius 1 is 0.969 bits per heavy atom. The minimum Gasteiger partial charge on any atom is -0.493 e. The first-order valence-electron chi connectivity index (χ1n) is 10.3. The van der Waals surface area contributed by atoms with Crippen molar-refractivity contribution in [1.29, 1.82) is 0 Å². The van der Waals surface area contributed by atoms with E-state index >= 15 is 0 Å². The van der Waals surface area contributed by atoms with Crippen LogP contribution in [0.2, 0.25) is 0 Å². The van der Waals surface area contributed by atoms with Gasteiger partial charge in [0.2, 0.25) is 0 Å². The van der Waals surface area contributed by atoms with E-state index in [-0.39, 0.29) is 16.7 Å². The lowest BCUT2D eigenvalue weighted by atomic mass is 9.95. The van der Waals surface area contributed by atoms with Crippen molar-refractivity contribution in [3.05, 3.63) is 58.1 Å². The van der Waals surface area contributed by atoms with Crippen molar-refractivity contribution in [1.82, 2.24) is 0 Å². The molecule has 0 aliphatic heterocycles. The number of ether oxygens (including phenoxy) is 3. The van der Waals surface area contributed by atoms with E-state index < -0.39 is 21.1 Å². The smallest absolute Gasteiger partial charge is 0.297 e. The van der Waals surface area contributed by atoms with Crippen molar-refractivity contribution in [2.75, 3.05) is 20.8 Å². The maximum absolute atomic E-state index is 12.7. The topological polar surface area (TPSA) is 114 Å². The van der Waals surface area contributed by atoms with Crippen LogP contribution in [0.15, 0.2) is 47.4 Å². The monoisotopic (exact) mass is 465 g/mol. The van der Waals surface area contributed by atoms with Gasteiger partial charge in [0, 0.05) is 12.1 Å². The van der Waals surface area contributed by atoms with E-state index in [0.717, 1.165) is 30.5 Å². The maximum atomic E-state index is 12.7. The third-order valence-electron chi connectivity index (χ3n) is 5.40. The number of nitro benzene ring substituents is 1. The molecule has 3 rings (SSSR count). The number of nitro groups is 1. The van der Waals surface area contributed by atoms with Crippen LogP contribution in [0.25, 0.3) is 0 Å². The summed E-state index contributed by atoms with van der Waals surface area (Å²) >= 11 is 0. The molecule has 2 atom stereocenters. The molecule has 2 aromatic rings. The van der Waals surface area contributed by atoms with Crippen molar-refractivity contribution < 1.29 is 31.7 Å². The Bertz CT molecular complexity index is 1020. The van der Waals surface area contributed by atoms with E-state index in [1.807, 2.05) is 18.2 Å². The van der Waals surface area contributed by atoms with Crippen molar-refractivity contribution in [3.8, 4) is 11.5 Å². The predicted molar refractivity (Wildman–Crippen MR) is 117 cm³/mol. The van der Waals surface area contributed by atoms with Crippen molar-refractivity contribution in [3.63, 3.8) is 0 Å². The number of nitrogens with zero attached hydrogens (tertiary/aromatic N) is 1. The van der Waals surface area contributed by atoms with E-state index in [9.17, 15) is 18.5 Å². The average molecular weight is 466 g/mol. The Balaban J connectivity index is 1.61. The van der Waals surface area contributed by atoms with Gasteiger partial charge < -0.3 is 14.2 Å². The summed E-state index contributed by atoms with van der Waals surface area (Å²) in [4.78, 5) is 10.1. The second-order valence-electron chi connectivity index (χ2n) is 7.47. The van der Waals surface area contributed by atoms with Gasteiger partial charge in [0.1, 0.15) is 6.10 Å². The molecule has 0 spiro atoms. The van der Waals surface area contributed by atoms with Crippen LogP contribution in [0.1, 0.15) is 31.2 Å². The summed E-state index contributed by atoms with van der Waals surface area (Å²) in [7, 11) is -0.907. The molecule has 1 aliphatic rings. The lowest BCUT2D eigenvalue weighted by Crippen LogP contribution is -2.36. The first-order chi connectivity index (χ1) is 15.3. The Labute approximate surface area is 187 Å². The van der Waals surface area contributed by atoms with Crippen LogP contribution in [0.3, 0.4) is 0 Å². The van der Waals surface area contributed by atoms with E-state index in [1.165, 1.54) is 12.1 Å². The summed E-state index contributed by atoms with van der Waals surface area (Å²) in [5.41, 5.74) is 0.826. The molecular weight excluding hydrogens is 438 g/mol. The highest BCUT2D eigenvalue weighted by Crippen LogP contribution is 2.30. The average Bonchev–Trinajstić information content (AvgIpc) is 2.80. The highest BCUT2D eigenvalue weighted by molar-refractivity contribution is 7.86. The highest BCUT2D eigenvalue weighted by Gasteiger charge is 2.32. The lowest BCUT2D eigenvalue weighted by molar-refractivity contribution is -0.384. The van der Waals surface area contributed by atoms with Crippen molar-refractivity contribution >= 4 is 15.8 Å². The van der Waals surface area contributed by atoms with Gasteiger partial charge in [-0.15, -0.1) is 0 Å². The van der Waals surface area contributed by atoms with Crippen LogP contribution < -0.4 is 9.47 Å². The van der Waals surface area contributed by atoms with Gasteiger partial charge in [-0.2, -0.15) is 8.42 Å². The van der Waals surface area contributed by atoms with Gasteiger partial charge in [-0.05, 0) is 49.1 Å². The summed E-state index contributed by atoms with van der Waals surface area (Å²) in [5, 5.41) is 10.8. The number of benzene rings is 2. The standard InChI is InChI=1S/C22H27NO8S/c1-28-19-12-7-16(15-22(19)29-2)13-14-30-20-5-3-4-6-21(20)31-32(26,27)18-10-8-17(9-11-18)23(24)25/h7-12,15,20-21H,3-6,13-14H2,1-2H3. The molecule has 174 valence electrons. The molecule has 1 aliphatic carbocycles. The summed E-state index contributed by atoms with van der Waals surface area (Å²) in [6.07, 6.45) is 2.71. The highest BCUT2D eigenvalue weighted by atomic mass is 32.2. The first-order valence-corrected chi connectivity index (χ1v) is 11.7. The lowest BCUT2D eigenvalue weighted by Gasteiger charge is -2.30. The van der Waals surface area contributed by atoms with Gasteiger partial charge in [-0.25, -0.2) is 0 Å². The predicted octanol–water partition coefficient (Wildman–Crippen LogP) is 3.89. The molecule has 0 heterocycles. The molecule has 2 unspecified atom stereocenters. The number of rotatable bonds is 10. The van der Waals surface area contributed by atoms with Crippen LogP contribution >= 0.6 is 0 Å². The zero-order valence-corrected chi connectivity index (χ0v) is 18.9. The molecule has 0 N–H and O–H groups in total. The number of hydrogen-bond donors (Lipinski definition) is 0. The minimum atomic E-state index is -4.06. The molecule has 1 saturated carbocycles. The quantitative estimate of drug-likeness (QED) is 0.295. The molecule has 2 aromatic carbocycles. The zero-order chi connectivity index (χ0) is 23.1. The molecule has 0 bridgehead atoms. The molecule has 0 amide bonds. The zero-order valence-electron chi connectivity index (χ0n) is 18.1. The summed E-state index contributed by atoms with van der Waals surface area (Å²) in [6.45, 7) is 0.400. The molecule has 10 heteroatoms. The van der Waals surface area contributed by atoms with Crippen molar-refractivity contribution in [2.24, 2.45) is 0 Å². The molecule has 0 radical (unpaired) electrons. The van der Waals surface area contributed by atoms with Crippen LogP contribution in [0.4, 0.5) is 5.69 Å². The summed E-state index contributed by atoms with van der Waals surface area (Å²) < 4.78 is 47.4. The second kappa shape index (κ2) is 10.8. The molecule has 9 nitrogen and oxygen atoms in total. The molecule has 32 heavy (non-hydrogen) atoms. The minimum absolute atomic E-state index is 0.113.